The molecule has 14 heteroatoms. The number of aryl methyl sites for hydroxylation is 1. The Morgan fingerprint density at radius 1 is 1.25 bits per heavy atom. The Morgan fingerprint density at radius 3 is 2.60 bits per heavy atom. The highest BCUT2D eigenvalue weighted by molar-refractivity contribution is 5.74. The SMILES string of the molecule is Cc1ccn(-c2cc(CO)ccc2[C@@H](Oc2cc(N3CCC4(CC3)CNC(C(=O)O)C4)nc(N)n2)C(F)(F)F)n1. The van der Waals surface area contributed by atoms with Gasteiger partial charge in [-0.3, -0.25) is 4.79 Å². The Labute approximate surface area is 227 Å². The van der Waals surface area contributed by atoms with Crippen molar-refractivity contribution < 1.29 is 32.9 Å². The van der Waals surface area contributed by atoms with Crippen molar-refractivity contribution in [2.24, 2.45) is 5.41 Å². The Bertz CT molecular complexity index is 1390. The summed E-state index contributed by atoms with van der Waals surface area (Å²) in [5.41, 5.74) is 6.65. The highest BCUT2D eigenvalue weighted by Crippen LogP contribution is 2.42. The Morgan fingerprint density at radius 2 is 2.00 bits per heavy atom. The van der Waals surface area contributed by atoms with Gasteiger partial charge in [-0.15, -0.1) is 0 Å². The molecule has 3 aromatic rings. The predicted molar refractivity (Wildman–Crippen MR) is 138 cm³/mol. The summed E-state index contributed by atoms with van der Waals surface area (Å²) in [5.74, 6) is -1.12. The first kappa shape index (κ1) is 27.6. The van der Waals surface area contributed by atoms with Gasteiger partial charge in [0.15, 0.2) is 0 Å². The number of aromatic nitrogens is 4. The highest BCUT2D eigenvalue weighted by atomic mass is 19.4. The van der Waals surface area contributed by atoms with Crippen molar-refractivity contribution in [2.75, 3.05) is 30.3 Å². The van der Waals surface area contributed by atoms with Crippen LogP contribution in [-0.2, 0) is 11.4 Å². The number of nitrogens with zero attached hydrogens (tertiary/aromatic N) is 5. The molecule has 0 radical (unpaired) electrons. The number of alkyl halides is 3. The number of hydrogen-bond acceptors (Lipinski definition) is 9. The summed E-state index contributed by atoms with van der Waals surface area (Å²) in [5, 5.41) is 26.2. The van der Waals surface area contributed by atoms with Crippen LogP contribution in [0.3, 0.4) is 0 Å². The number of hydrogen-bond donors (Lipinski definition) is 4. The second-order valence-corrected chi connectivity index (χ2v) is 10.4. The fourth-order valence-electron chi connectivity index (χ4n) is 5.42. The fraction of sp³-hybridized carbons (Fsp3) is 0.462. The number of aliphatic carboxylic acids is 1. The number of nitrogen functional groups attached to an aromatic ring is 1. The summed E-state index contributed by atoms with van der Waals surface area (Å²) in [6.45, 7) is 3.00. The maximum atomic E-state index is 14.5. The number of piperidine rings is 1. The molecular weight excluding hydrogens is 531 g/mol. The number of nitrogens with two attached hydrogens (primary N) is 1. The van der Waals surface area contributed by atoms with Crippen LogP contribution in [0.15, 0.2) is 36.5 Å². The van der Waals surface area contributed by atoms with Crippen LogP contribution >= 0.6 is 0 Å². The van der Waals surface area contributed by atoms with Crippen LogP contribution in [0, 0.1) is 12.3 Å². The van der Waals surface area contributed by atoms with Crippen molar-refractivity contribution in [1.29, 1.82) is 0 Å². The van der Waals surface area contributed by atoms with Gasteiger partial charge < -0.3 is 30.9 Å². The van der Waals surface area contributed by atoms with Crippen LogP contribution < -0.4 is 20.7 Å². The molecule has 1 unspecified atom stereocenters. The third-order valence-corrected chi connectivity index (χ3v) is 7.58. The molecule has 2 aliphatic rings. The summed E-state index contributed by atoms with van der Waals surface area (Å²) in [6.07, 6.45) is -3.80. The number of carbonyl (C=O) groups is 1. The predicted octanol–water partition coefficient (Wildman–Crippen LogP) is 2.76. The molecule has 0 aliphatic carbocycles. The van der Waals surface area contributed by atoms with Gasteiger partial charge in [0.1, 0.15) is 11.9 Å². The van der Waals surface area contributed by atoms with Crippen LogP contribution in [0.5, 0.6) is 5.88 Å². The number of nitrogens with one attached hydrogen (secondary N) is 1. The molecule has 2 atom stereocenters. The van der Waals surface area contributed by atoms with Gasteiger partial charge in [-0.1, -0.05) is 12.1 Å². The molecule has 2 aliphatic heterocycles. The Hall–Kier alpha value is -3.91. The van der Waals surface area contributed by atoms with Crippen molar-refractivity contribution >= 4 is 17.7 Å². The molecule has 0 saturated carbocycles. The number of aliphatic hydroxyl groups excluding tert-OH is 1. The lowest BCUT2D eigenvalue weighted by Crippen LogP contribution is -2.41. The summed E-state index contributed by atoms with van der Waals surface area (Å²) in [7, 11) is 0. The number of benzene rings is 1. The normalized spacial score (nSPS) is 19.6. The molecule has 1 spiro atoms. The zero-order chi connectivity index (χ0) is 28.7. The zero-order valence-electron chi connectivity index (χ0n) is 21.7. The standard InChI is InChI=1S/C26H30F3N7O4/c1-15-4-7-36(34-15)19-10-16(13-37)2-3-17(19)22(26(27,28)29)40-21-11-20(32-24(30)33-21)35-8-5-25(6-9-35)12-18(23(38)39)31-14-25/h2-4,7,10-11,18,22,31,37H,5-6,8-9,12-14H2,1H3,(H,38,39)(H2,30,32,33)/t18?,22-/m1/s1. The van der Waals surface area contributed by atoms with Gasteiger partial charge in [0.25, 0.3) is 0 Å². The van der Waals surface area contributed by atoms with Crippen molar-refractivity contribution in [3.05, 3.63) is 53.3 Å². The van der Waals surface area contributed by atoms with E-state index in [9.17, 15) is 28.2 Å². The topological polar surface area (TPSA) is 152 Å². The summed E-state index contributed by atoms with van der Waals surface area (Å²) in [6, 6.07) is 6.49. The van der Waals surface area contributed by atoms with Gasteiger partial charge in [0.2, 0.25) is 17.9 Å². The number of carboxylic acids is 1. The minimum absolute atomic E-state index is 0.107. The first-order chi connectivity index (χ1) is 19.0. The van der Waals surface area contributed by atoms with E-state index < -0.39 is 24.3 Å². The van der Waals surface area contributed by atoms with Crippen LogP contribution in [0.25, 0.3) is 5.69 Å². The van der Waals surface area contributed by atoms with E-state index in [4.69, 9.17) is 10.5 Å². The lowest BCUT2D eigenvalue weighted by molar-refractivity contribution is -0.198. The summed E-state index contributed by atoms with van der Waals surface area (Å²) in [4.78, 5) is 21.4. The smallest absolute Gasteiger partial charge is 0.429 e. The molecule has 1 aromatic carbocycles. The van der Waals surface area contributed by atoms with Crippen molar-refractivity contribution in [3.63, 3.8) is 0 Å². The van der Waals surface area contributed by atoms with Crippen molar-refractivity contribution in [1.82, 2.24) is 25.1 Å². The van der Waals surface area contributed by atoms with Crippen LogP contribution in [0.2, 0.25) is 0 Å². The molecule has 5 N–H and O–H groups in total. The average Bonchev–Trinajstić information content (AvgIpc) is 3.53. The maximum absolute atomic E-state index is 14.5. The number of halogens is 3. The number of ether oxygens (including phenoxy) is 1. The Kier molecular flexibility index (Phi) is 7.31. The van der Waals surface area contributed by atoms with E-state index in [-0.39, 0.29) is 35.1 Å². The lowest BCUT2D eigenvalue weighted by Gasteiger charge is -2.39. The largest absolute Gasteiger partial charge is 0.480 e. The van der Waals surface area contributed by atoms with E-state index in [0.717, 1.165) is 0 Å². The van der Waals surface area contributed by atoms with Crippen LogP contribution in [-0.4, -0.2) is 67.8 Å². The average molecular weight is 562 g/mol. The minimum atomic E-state index is -4.83. The van der Waals surface area contributed by atoms with E-state index in [0.29, 0.717) is 56.0 Å². The van der Waals surface area contributed by atoms with Crippen LogP contribution in [0.4, 0.5) is 24.9 Å². The van der Waals surface area contributed by atoms with Gasteiger partial charge >= 0.3 is 12.1 Å². The number of rotatable bonds is 7. The number of carboxylic acid groups (broad SMARTS) is 1. The highest BCUT2D eigenvalue weighted by Gasteiger charge is 2.46. The van der Waals surface area contributed by atoms with Gasteiger partial charge in [0.05, 0.1) is 18.0 Å². The molecule has 2 saturated heterocycles. The lowest BCUT2D eigenvalue weighted by atomic mass is 9.76. The van der Waals surface area contributed by atoms with Crippen molar-refractivity contribution in [2.45, 2.75) is 51.1 Å². The van der Waals surface area contributed by atoms with E-state index in [1.165, 1.54) is 35.1 Å². The second-order valence-electron chi connectivity index (χ2n) is 10.4. The van der Waals surface area contributed by atoms with Crippen molar-refractivity contribution in [3.8, 4) is 11.6 Å². The number of anilines is 2. The molecule has 40 heavy (non-hydrogen) atoms. The molecule has 214 valence electrons. The minimum Gasteiger partial charge on any atom is -0.480 e. The van der Waals surface area contributed by atoms with Gasteiger partial charge in [-0.05, 0) is 49.3 Å². The molecular formula is C26H30F3N7O4. The monoisotopic (exact) mass is 561 g/mol. The molecule has 0 amide bonds. The maximum Gasteiger partial charge on any atom is 0.429 e. The second kappa shape index (κ2) is 10.6. The van der Waals surface area contributed by atoms with Gasteiger partial charge in [-0.25, -0.2) is 4.68 Å². The number of aliphatic hydroxyl groups is 1. The zero-order valence-corrected chi connectivity index (χ0v) is 21.7. The summed E-state index contributed by atoms with van der Waals surface area (Å²) >= 11 is 0. The van der Waals surface area contributed by atoms with Gasteiger partial charge in [-0.2, -0.15) is 28.2 Å². The van der Waals surface area contributed by atoms with Crippen LogP contribution in [0.1, 0.15) is 42.2 Å². The molecule has 0 bridgehead atoms. The third-order valence-electron chi connectivity index (χ3n) is 7.58. The fourth-order valence-corrected chi connectivity index (χ4v) is 5.42. The van der Waals surface area contributed by atoms with Gasteiger partial charge in [0, 0.05) is 37.5 Å². The first-order valence-electron chi connectivity index (χ1n) is 12.8. The quantitative estimate of drug-likeness (QED) is 0.339. The molecule has 2 aromatic heterocycles. The first-order valence-corrected chi connectivity index (χ1v) is 12.8. The molecule has 4 heterocycles. The Balaban J connectivity index is 1.41. The molecule has 5 rings (SSSR count). The van der Waals surface area contributed by atoms with E-state index >= 15 is 0 Å². The third kappa shape index (κ3) is 5.68. The van der Waals surface area contributed by atoms with E-state index in [1.54, 1.807) is 13.0 Å². The molecule has 2 fully saturated rings. The summed E-state index contributed by atoms with van der Waals surface area (Å²) < 4.78 is 50.2. The van der Waals surface area contributed by atoms with E-state index in [2.05, 4.69) is 20.4 Å². The molecule has 11 nitrogen and oxygen atoms in total. The van der Waals surface area contributed by atoms with E-state index in [1.807, 2.05) is 4.90 Å².